The van der Waals surface area contributed by atoms with E-state index in [1.807, 2.05) is 0 Å². The summed E-state index contributed by atoms with van der Waals surface area (Å²) >= 11 is 0. The highest BCUT2D eigenvalue weighted by atomic mass is 19.1. The first-order valence-electron chi connectivity index (χ1n) is 13.0. The smallest absolute Gasteiger partial charge is 0.253 e. The first kappa shape index (κ1) is 27.0. The summed E-state index contributed by atoms with van der Waals surface area (Å²) in [5, 5.41) is 0. The van der Waals surface area contributed by atoms with E-state index in [1.54, 1.807) is 49.2 Å². The predicted molar refractivity (Wildman–Crippen MR) is 137 cm³/mol. The number of ether oxygens (including phenoxy) is 1. The van der Waals surface area contributed by atoms with Crippen molar-refractivity contribution >= 4 is 11.8 Å². The van der Waals surface area contributed by atoms with Crippen LogP contribution in [0.5, 0.6) is 5.88 Å². The number of aromatic nitrogens is 1. The minimum Gasteiger partial charge on any atom is -0.477 e. The number of hydrogen-bond acceptors (Lipinski definition) is 5. The van der Waals surface area contributed by atoms with Crippen LogP contribution < -0.4 is 10.5 Å². The van der Waals surface area contributed by atoms with Gasteiger partial charge in [-0.1, -0.05) is 6.07 Å². The maximum Gasteiger partial charge on any atom is 0.253 e. The number of alkyl halides is 1. The molecule has 1 aromatic carbocycles. The summed E-state index contributed by atoms with van der Waals surface area (Å²) in [5.74, 6) is -0.443. The molecule has 2 aromatic rings. The van der Waals surface area contributed by atoms with Gasteiger partial charge >= 0.3 is 0 Å². The number of carbonyl (C=O) groups excluding carboxylic acids is 2. The maximum absolute atomic E-state index is 14.9. The Hall–Kier alpha value is -3.07. The van der Waals surface area contributed by atoms with Gasteiger partial charge in [-0.25, -0.2) is 13.8 Å². The fourth-order valence-corrected chi connectivity index (χ4v) is 5.10. The van der Waals surface area contributed by atoms with Crippen molar-refractivity contribution in [2.75, 3.05) is 39.3 Å². The zero-order chi connectivity index (χ0) is 26.6. The van der Waals surface area contributed by atoms with Crippen LogP contribution in [0.4, 0.5) is 8.78 Å². The monoisotopic (exact) mass is 514 g/mol. The summed E-state index contributed by atoms with van der Waals surface area (Å²) < 4.78 is 34.7. The molecule has 3 heterocycles. The van der Waals surface area contributed by atoms with Crippen molar-refractivity contribution in [1.82, 2.24) is 14.8 Å². The van der Waals surface area contributed by atoms with Crippen LogP contribution in [0.2, 0.25) is 0 Å². The summed E-state index contributed by atoms with van der Waals surface area (Å²) in [6, 6.07) is 7.92. The van der Waals surface area contributed by atoms with E-state index in [0.717, 1.165) is 25.9 Å². The molecule has 2 aliphatic heterocycles. The highest BCUT2D eigenvalue weighted by molar-refractivity contribution is 5.95. The van der Waals surface area contributed by atoms with Crippen LogP contribution in [0, 0.1) is 17.7 Å². The lowest BCUT2D eigenvalue weighted by Gasteiger charge is -2.34. The van der Waals surface area contributed by atoms with Crippen LogP contribution in [-0.4, -0.2) is 71.6 Å². The van der Waals surface area contributed by atoms with E-state index in [4.69, 9.17) is 10.5 Å². The molecule has 0 radical (unpaired) electrons. The molecular weight excluding hydrogens is 478 g/mol. The lowest BCUT2D eigenvalue weighted by molar-refractivity contribution is -0.123. The molecule has 0 bridgehead atoms. The van der Waals surface area contributed by atoms with Crippen LogP contribution in [-0.2, 0) is 4.79 Å². The number of amides is 2. The van der Waals surface area contributed by atoms with Crippen molar-refractivity contribution in [1.29, 1.82) is 0 Å². The normalized spacial score (nSPS) is 18.1. The lowest BCUT2D eigenvalue weighted by Crippen LogP contribution is -2.41. The van der Waals surface area contributed by atoms with Crippen LogP contribution in [0.3, 0.4) is 0 Å². The molecule has 2 saturated heterocycles. The van der Waals surface area contributed by atoms with Crippen LogP contribution in [0.15, 0.2) is 36.5 Å². The van der Waals surface area contributed by atoms with Crippen molar-refractivity contribution in [3.63, 3.8) is 0 Å². The number of primary amides is 1. The molecule has 0 unspecified atom stereocenters. The third-order valence-electron chi connectivity index (χ3n) is 7.22. The first-order valence-corrected chi connectivity index (χ1v) is 13.0. The number of pyridine rings is 1. The molecule has 2 fully saturated rings. The Balaban J connectivity index is 1.29. The molecule has 4 rings (SSSR count). The highest BCUT2D eigenvalue weighted by Crippen LogP contribution is 2.27. The van der Waals surface area contributed by atoms with Crippen LogP contribution in [0.1, 0.15) is 49.9 Å². The van der Waals surface area contributed by atoms with Crippen LogP contribution in [0.25, 0.3) is 11.1 Å². The fourth-order valence-electron chi connectivity index (χ4n) is 5.10. The molecule has 0 spiro atoms. The van der Waals surface area contributed by atoms with Crippen molar-refractivity contribution in [2.45, 2.75) is 45.2 Å². The third kappa shape index (κ3) is 7.25. The number of likely N-dealkylation sites (tertiary alicyclic amines) is 2. The van der Waals surface area contributed by atoms with Gasteiger partial charge in [0.05, 0.1) is 6.61 Å². The van der Waals surface area contributed by atoms with E-state index < -0.39 is 11.5 Å². The second-order valence-corrected chi connectivity index (χ2v) is 10.8. The Morgan fingerprint density at radius 3 is 2.35 bits per heavy atom. The van der Waals surface area contributed by atoms with Gasteiger partial charge in [0, 0.05) is 54.5 Å². The Bertz CT molecular complexity index is 1090. The number of halogens is 2. The standard InChI is InChI=1S/C28H36F2N4O3/c1-28(2,30)18-33-11-7-19(8-12-33)17-37-25-6-4-22(16-32-25)23-5-3-21(15-24(23)29)27(36)34-13-9-20(10-14-34)26(31)35/h3-6,15-16,19-20H,7-14,17-18H2,1-2H3,(H2,31,35). The SMILES string of the molecule is CC(C)(F)CN1CCC(COc2ccc(-c3ccc(C(=O)N4CCC(C(N)=O)CC4)cc3F)cn2)CC1. The number of piperidine rings is 2. The van der Waals surface area contributed by atoms with Crippen molar-refractivity contribution in [3.05, 3.63) is 47.9 Å². The average molecular weight is 515 g/mol. The Labute approximate surface area is 217 Å². The largest absolute Gasteiger partial charge is 0.477 e. The number of carbonyl (C=O) groups is 2. The minimum atomic E-state index is -1.19. The third-order valence-corrected chi connectivity index (χ3v) is 7.22. The number of nitrogens with zero attached hydrogens (tertiary/aromatic N) is 3. The van der Waals surface area contributed by atoms with Gasteiger partial charge in [-0.3, -0.25) is 9.59 Å². The molecule has 2 amide bonds. The summed E-state index contributed by atoms with van der Waals surface area (Å²) in [6.45, 7) is 6.78. The van der Waals surface area contributed by atoms with Crippen molar-refractivity contribution < 1.29 is 23.1 Å². The van der Waals surface area contributed by atoms with Crippen LogP contribution >= 0.6 is 0 Å². The minimum absolute atomic E-state index is 0.212. The summed E-state index contributed by atoms with van der Waals surface area (Å²) in [5.41, 5.74) is 5.39. The number of nitrogens with two attached hydrogens (primary N) is 1. The molecule has 9 heteroatoms. The molecule has 2 aliphatic rings. The Morgan fingerprint density at radius 1 is 1.08 bits per heavy atom. The topological polar surface area (TPSA) is 88.8 Å². The zero-order valence-electron chi connectivity index (χ0n) is 21.6. The quantitative estimate of drug-likeness (QED) is 0.574. The first-order chi connectivity index (χ1) is 17.6. The molecule has 0 atom stereocenters. The van der Waals surface area contributed by atoms with Gasteiger partial charge in [-0.15, -0.1) is 0 Å². The number of rotatable bonds is 8. The van der Waals surface area contributed by atoms with Crippen molar-refractivity contribution in [3.8, 4) is 17.0 Å². The molecule has 0 saturated carbocycles. The van der Waals surface area contributed by atoms with E-state index in [0.29, 0.717) is 62.0 Å². The number of benzene rings is 1. The predicted octanol–water partition coefficient (Wildman–Crippen LogP) is 4.06. The van der Waals surface area contributed by atoms with E-state index in [-0.39, 0.29) is 23.3 Å². The second kappa shape index (κ2) is 11.5. The Morgan fingerprint density at radius 2 is 1.78 bits per heavy atom. The van der Waals surface area contributed by atoms with E-state index in [2.05, 4.69) is 9.88 Å². The molecule has 37 heavy (non-hydrogen) atoms. The average Bonchev–Trinajstić information content (AvgIpc) is 2.87. The summed E-state index contributed by atoms with van der Waals surface area (Å²) in [7, 11) is 0. The molecule has 0 aliphatic carbocycles. The van der Waals surface area contributed by atoms with E-state index >= 15 is 0 Å². The maximum atomic E-state index is 14.9. The van der Waals surface area contributed by atoms with Gasteiger partial charge in [0.2, 0.25) is 11.8 Å². The van der Waals surface area contributed by atoms with Gasteiger partial charge in [-0.05, 0) is 76.7 Å². The second-order valence-electron chi connectivity index (χ2n) is 10.8. The molecule has 2 N–H and O–H groups in total. The van der Waals surface area contributed by atoms with E-state index in [9.17, 15) is 18.4 Å². The molecular formula is C28H36F2N4O3. The van der Waals surface area contributed by atoms with Crippen molar-refractivity contribution in [2.24, 2.45) is 17.6 Å². The number of hydrogen-bond donors (Lipinski definition) is 1. The summed E-state index contributed by atoms with van der Waals surface area (Å²) in [6.07, 6.45) is 4.52. The van der Waals surface area contributed by atoms with Gasteiger partial charge in [0.1, 0.15) is 11.5 Å². The van der Waals surface area contributed by atoms with Gasteiger partial charge in [0.15, 0.2) is 0 Å². The fraction of sp³-hybridized carbons (Fsp3) is 0.536. The lowest BCUT2D eigenvalue weighted by atomic mass is 9.95. The van der Waals surface area contributed by atoms with Gasteiger partial charge < -0.3 is 20.3 Å². The van der Waals surface area contributed by atoms with E-state index in [1.165, 1.54) is 6.07 Å². The molecule has 1 aromatic heterocycles. The van der Waals surface area contributed by atoms with Gasteiger partial charge in [-0.2, -0.15) is 0 Å². The van der Waals surface area contributed by atoms with Gasteiger partial charge in [0.25, 0.3) is 5.91 Å². The zero-order valence-corrected chi connectivity index (χ0v) is 21.6. The Kier molecular flexibility index (Phi) is 8.42. The highest BCUT2D eigenvalue weighted by Gasteiger charge is 2.27. The summed E-state index contributed by atoms with van der Waals surface area (Å²) in [4.78, 5) is 32.3. The molecule has 200 valence electrons. The molecule has 7 nitrogen and oxygen atoms in total.